The van der Waals surface area contributed by atoms with Crippen molar-refractivity contribution in [3.05, 3.63) is 96.1 Å². The maximum atomic E-state index is 12.3. The SMILES string of the molecule is NC(=O)C(O)(c1ccccc1)c1ccccc1OC(=O)CNc1ccccc1. The molecule has 0 fully saturated rings. The summed E-state index contributed by atoms with van der Waals surface area (Å²) in [6, 6.07) is 23.8. The predicted octanol–water partition coefficient (Wildman–Crippen LogP) is 2.43. The second kappa shape index (κ2) is 8.37. The third kappa shape index (κ3) is 4.02. The minimum absolute atomic E-state index is 0.0625. The molecule has 4 N–H and O–H groups in total. The molecule has 6 heteroatoms. The van der Waals surface area contributed by atoms with Crippen LogP contribution in [-0.2, 0) is 15.2 Å². The lowest BCUT2D eigenvalue weighted by molar-refractivity contribution is -0.135. The van der Waals surface area contributed by atoms with Crippen LogP contribution in [0.3, 0.4) is 0 Å². The van der Waals surface area contributed by atoms with Crippen molar-refractivity contribution in [1.29, 1.82) is 0 Å². The zero-order valence-corrected chi connectivity index (χ0v) is 15.0. The van der Waals surface area contributed by atoms with E-state index in [0.717, 1.165) is 5.69 Å². The number of aliphatic hydroxyl groups is 1. The molecule has 0 bridgehead atoms. The van der Waals surface area contributed by atoms with Gasteiger partial charge < -0.3 is 20.9 Å². The highest BCUT2D eigenvalue weighted by molar-refractivity contribution is 5.90. The van der Waals surface area contributed by atoms with E-state index >= 15 is 0 Å². The van der Waals surface area contributed by atoms with Crippen molar-refractivity contribution < 1.29 is 19.4 Å². The van der Waals surface area contributed by atoms with E-state index in [1.807, 2.05) is 30.3 Å². The maximum Gasteiger partial charge on any atom is 0.330 e. The van der Waals surface area contributed by atoms with Gasteiger partial charge in [0.25, 0.3) is 5.91 Å². The number of para-hydroxylation sites is 2. The van der Waals surface area contributed by atoms with Gasteiger partial charge in [-0.2, -0.15) is 0 Å². The first-order chi connectivity index (χ1) is 13.5. The Morgan fingerprint density at radius 1 is 0.893 bits per heavy atom. The first-order valence-corrected chi connectivity index (χ1v) is 8.68. The lowest BCUT2D eigenvalue weighted by Gasteiger charge is -2.27. The lowest BCUT2D eigenvalue weighted by Crippen LogP contribution is -2.42. The van der Waals surface area contributed by atoms with E-state index in [9.17, 15) is 14.7 Å². The molecule has 0 radical (unpaired) electrons. The van der Waals surface area contributed by atoms with Gasteiger partial charge in [-0.05, 0) is 23.8 Å². The van der Waals surface area contributed by atoms with Crippen molar-refractivity contribution in [3.8, 4) is 5.75 Å². The fraction of sp³-hybridized carbons (Fsp3) is 0.0909. The van der Waals surface area contributed by atoms with Crippen LogP contribution in [0.5, 0.6) is 5.75 Å². The van der Waals surface area contributed by atoms with Crippen LogP contribution in [0.4, 0.5) is 5.69 Å². The van der Waals surface area contributed by atoms with Crippen molar-refractivity contribution in [1.82, 2.24) is 0 Å². The van der Waals surface area contributed by atoms with E-state index in [1.165, 1.54) is 12.1 Å². The minimum atomic E-state index is -2.13. The van der Waals surface area contributed by atoms with Gasteiger partial charge in [0.15, 0.2) is 5.60 Å². The Bertz CT molecular complexity index is 961. The Kier molecular flexibility index (Phi) is 5.72. The van der Waals surface area contributed by atoms with Gasteiger partial charge in [0, 0.05) is 11.3 Å². The standard InChI is InChI=1S/C22H20N2O4/c23-21(26)22(27,16-9-3-1-4-10-16)18-13-7-8-14-19(18)28-20(25)15-24-17-11-5-2-6-12-17/h1-14,24,27H,15H2,(H2,23,26). The summed E-state index contributed by atoms with van der Waals surface area (Å²) in [5.41, 5.74) is 4.55. The van der Waals surface area contributed by atoms with E-state index in [0.29, 0.717) is 0 Å². The molecule has 3 aromatic carbocycles. The summed E-state index contributed by atoms with van der Waals surface area (Å²) in [4.78, 5) is 24.5. The number of rotatable bonds is 7. The summed E-state index contributed by atoms with van der Waals surface area (Å²) >= 11 is 0. The number of nitrogens with two attached hydrogens (primary N) is 1. The Morgan fingerprint density at radius 2 is 1.46 bits per heavy atom. The average molecular weight is 376 g/mol. The molecule has 6 nitrogen and oxygen atoms in total. The Hall–Kier alpha value is -3.64. The number of amides is 1. The quantitative estimate of drug-likeness (QED) is 0.434. The molecule has 1 amide bonds. The van der Waals surface area contributed by atoms with Crippen molar-refractivity contribution in [3.63, 3.8) is 0 Å². The molecule has 1 unspecified atom stereocenters. The van der Waals surface area contributed by atoms with E-state index < -0.39 is 17.5 Å². The molecule has 0 aliphatic heterocycles. The molecule has 0 aliphatic carbocycles. The Balaban J connectivity index is 1.86. The number of nitrogens with one attached hydrogen (secondary N) is 1. The monoisotopic (exact) mass is 376 g/mol. The van der Waals surface area contributed by atoms with E-state index in [2.05, 4.69) is 5.32 Å². The Labute approximate surface area is 162 Å². The van der Waals surface area contributed by atoms with Crippen LogP contribution in [0.25, 0.3) is 0 Å². The zero-order valence-electron chi connectivity index (χ0n) is 15.0. The third-order valence-corrected chi connectivity index (χ3v) is 4.26. The molecule has 0 aliphatic rings. The number of carbonyl (C=O) groups excluding carboxylic acids is 2. The number of primary amides is 1. The highest BCUT2D eigenvalue weighted by Crippen LogP contribution is 2.35. The van der Waals surface area contributed by atoms with Gasteiger partial charge in [-0.15, -0.1) is 0 Å². The minimum Gasteiger partial charge on any atom is -0.425 e. The van der Waals surface area contributed by atoms with Crippen LogP contribution in [0.15, 0.2) is 84.9 Å². The highest BCUT2D eigenvalue weighted by atomic mass is 16.5. The first kappa shape index (κ1) is 19.1. The van der Waals surface area contributed by atoms with Crippen LogP contribution in [0, 0.1) is 0 Å². The smallest absolute Gasteiger partial charge is 0.330 e. The summed E-state index contributed by atoms with van der Waals surface area (Å²) in [6.07, 6.45) is 0. The van der Waals surface area contributed by atoms with Gasteiger partial charge in [-0.1, -0.05) is 66.7 Å². The van der Waals surface area contributed by atoms with Gasteiger partial charge in [0.1, 0.15) is 12.3 Å². The zero-order chi connectivity index (χ0) is 20.0. The molecule has 3 aromatic rings. The van der Waals surface area contributed by atoms with Gasteiger partial charge in [-0.3, -0.25) is 4.79 Å². The first-order valence-electron chi connectivity index (χ1n) is 8.68. The molecule has 1 atom stereocenters. The molecule has 142 valence electrons. The molecule has 0 saturated heterocycles. The summed E-state index contributed by atoms with van der Waals surface area (Å²) in [6.45, 7) is -0.0846. The molecule has 0 aromatic heterocycles. The van der Waals surface area contributed by atoms with Crippen LogP contribution in [0.1, 0.15) is 11.1 Å². The van der Waals surface area contributed by atoms with Crippen molar-refractivity contribution >= 4 is 17.6 Å². The van der Waals surface area contributed by atoms with Gasteiger partial charge in [0.2, 0.25) is 0 Å². The van der Waals surface area contributed by atoms with Crippen molar-refractivity contribution in [2.24, 2.45) is 5.73 Å². The van der Waals surface area contributed by atoms with E-state index in [4.69, 9.17) is 10.5 Å². The third-order valence-electron chi connectivity index (χ3n) is 4.26. The number of hydrogen-bond donors (Lipinski definition) is 3. The van der Waals surface area contributed by atoms with Crippen LogP contribution < -0.4 is 15.8 Å². The summed E-state index contributed by atoms with van der Waals surface area (Å²) < 4.78 is 5.42. The van der Waals surface area contributed by atoms with Crippen molar-refractivity contribution in [2.75, 3.05) is 11.9 Å². The van der Waals surface area contributed by atoms with Gasteiger partial charge in [-0.25, -0.2) is 4.79 Å². The Morgan fingerprint density at radius 3 is 2.11 bits per heavy atom. The number of hydrogen-bond acceptors (Lipinski definition) is 5. The molecular formula is C22H20N2O4. The molecule has 3 rings (SSSR count). The predicted molar refractivity (Wildman–Crippen MR) is 106 cm³/mol. The molecule has 0 heterocycles. The summed E-state index contributed by atoms with van der Waals surface area (Å²) in [7, 11) is 0. The highest BCUT2D eigenvalue weighted by Gasteiger charge is 2.40. The molecular weight excluding hydrogens is 356 g/mol. The van der Waals surface area contributed by atoms with Crippen LogP contribution in [-0.4, -0.2) is 23.5 Å². The van der Waals surface area contributed by atoms with Gasteiger partial charge in [0.05, 0.1) is 0 Å². The molecule has 0 spiro atoms. The average Bonchev–Trinajstić information content (AvgIpc) is 2.73. The lowest BCUT2D eigenvalue weighted by atomic mass is 9.85. The van der Waals surface area contributed by atoms with Crippen molar-refractivity contribution in [2.45, 2.75) is 5.60 Å². The number of benzene rings is 3. The largest absolute Gasteiger partial charge is 0.425 e. The van der Waals surface area contributed by atoms with Gasteiger partial charge >= 0.3 is 5.97 Å². The number of esters is 1. The summed E-state index contributed by atoms with van der Waals surface area (Å²) in [5, 5.41) is 14.1. The number of carbonyl (C=O) groups is 2. The normalized spacial score (nSPS) is 12.6. The molecule has 0 saturated carbocycles. The fourth-order valence-electron chi connectivity index (χ4n) is 2.85. The topological polar surface area (TPSA) is 102 Å². The fourth-order valence-corrected chi connectivity index (χ4v) is 2.85. The molecule has 28 heavy (non-hydrogen) atoms. The summed E-state index contributed by atoms with van der Waals surface area (Å²) in [5.74, 6) is -1.48. The number of ether oxygens (including phenoxy) is 1. The van der Waals surface area contributed by atoms with E-state index in [1.54, 1.807) is 42.5 Å². The van der Waals surface area contributed by atoms with Crippen LogP contribution >= 0.6 is 0 Å². The van der Waals surface area contributed by atoms with Crippen LogP contribution in [0.2, 0.25) is 0 Å². The van der Waals surface area contributed by atoms with E-state index in [-0.39, 0.29) is 23.4 Å². The number of anilines is 1. The second-order valence-corrected chi connectivity index (χ2v) is 6.13. The second-order valence-electron chi connectivity index (χ2n) is 6.13. The maximum absolute atomic E-state index is 12.3.